The molecule has 0 radical (unpaired) electrons. The van der Waals surface area contributed by atoms with Gasteiger partial charge in [-0.05, 0) is 18.2 Å². The Morgan fingerprint density at radius 2 is 1.92 bits per heavy atom. The van der Waals surface area contributed by atoms with E-state index in [1.165, 1.54) is 10.8 Å². The quantitative estimate of drug-likeness (QED) is 0.557. The number of hydrogen-bond acceptors (Lipinski definition) is 5. The number of aromatic nitrogens is 4. The van der Waals surface area contributed by atoms with Crippen LogP contribution in [0.2, 0.25) is 5.02 Å². The maximum Gasteiger partial charge on any atom is 0.255 e. The Morgan fingerprint density at radius 3 is 2.68 bits per heavy atom. The van der Waals surface area contributed by atoms with E-state index in [2.05, 4.69) is 15.1 Å². The summed E-state index contributed by atoms with van der Waals surface area (Å²) in [5.74, 6) is 1.26. The van der Waals surface area contributed by atoms with E-state index in [0.717, 1.165) is 5.56 Å². The molecule has 7 heteroatoms. The Hall–Kier alpha value is -3.43. The zero-order chi connectivity index (χ0) is 17.2. The predicted molar refractivity (Wildman–Crippen MR) is 92.5 cm³/mol. The fourth-order valence-corrected chi connectivity index (χ4v) is 2.60. The molecule has 2 aromatic carbocycles. The molecule has 4 rings (SSSR count). The Balaban J connectivity index is 1.81. The number of fused-ring (bicyclic) bond motifs is 1. The van der Waals surface area contributed by atoms with Gasteiger partial charge in [-0.1, -0.05) is 41.9 Å². The summed E-state index contributed by atoms with van der Waals surface area (Å²) < 4.78 is 7.41. The lowest BCUT2D eigenvalue weighted by Crippen LogP contribution is -1.99. The third kappa shape index (κ3) is 2.89. The first-order valence-corrected chi connectivity index (χ1v) is 7.76. The van der Waals surface area contributed by atoms with E-state index in [-0.39, 0.29) is 0 Å². The molecular formula is C18H10ClN5O. The minimum Gasteiger partial charge on any atom is -0.437 e. The third-order valence-corrected chi connectivity index (χ3v) is 3.86. The van der Waals surface area contributed by atoms with Gasteiger partial charge in [0.1, 0.15) is 12.1 Å². The van der Waals surface area contributed by atoms with Crippen LogP contribution in [0.3, 0.4) is 0 Å². The molecule has 0 fully saturated rings. The van der Waals surface area contributed by atoms with Crippen molar-refractivity contribution in [3.05, 3.63) is 71.5 Å². The molecule has 0 aliphatic carbocycles. The lowest BCUT2D eigenvalue weighted by molar-refractivity contribution is 0.446. The molecule has 0 spiro atoms. The van der Waals surface area contributed by atoms with Crippen LogP contribution in [-0.2, 0) is 0 Å². The Kier molecular flexibility index (Phi) is 3.77. The second-order valence-electron chi connectivity index (χ2n) is 5.18. The normalized spacial score (nSPS) is 10.6. The maximum absolute atomic E-state index is 8.94. The molecule has 0 saturated carbocycles. The molecule has 0 amide bonds. The molecule has 0 N–H and O–H groups in total. The van der Waals surface area contributed by atoms with E-state index < -0.39 is 0 Å². The van der Waals surface area contributed by atoms with Gasteiger partial charge >= 0.3 is 0 Å². The van der Waals surface area contributed by atoms with Crippen molar-refractivity contribution in [3.63, 3.8) is 0 Å². The molecule has 0 unspecified atom stereocenters. The van der Waals surface area contributed by atoms with Gasteiger partial charge in [-0.2, -0.15) is 19.9 Å². The van der Waals surface area contributed by atoms with Crippen LogP contribution in [0, 0.1) is 11.3 Å². The van der Waals surface area contributed by atoms with Crippen LogP contribution in [-0.4, -0.2) is 19.6 Å². The number of rotatable bonds is 3. The maximum atomic E-state index is 8.94. The van der Waals surface area contributed by atoms with Gasteiger partial charge in [-0.15, -0.1) is 0 Å². The summed E-state index contributed by atoms with van der Waals surface area (Å²) in [6.45, 7) is 0. The van der Waals surface area contributed by atoms with Crippen LogP contribution < -0.4 is 4.74 Å². The van der Waals surface area contributed by atoms with E-state index in [1.54, 1.807) is 24.3 Å². The van der Waals surface area contributed by atoms with Crippen LogP contribution in [0.25, 0.3) is 17.0 Å². The van der Waals surface area contributed by atoms with Crippen LogP contribution in [0.1, 0.15) is 5.56 Å². The summed E-state index contributed by atoms with van der Waals surface area (Å²) in [4.78, 5) is 8.63. The molecule has 2 heterocycles. The molecule has 25 heavy (non-hydrogen) atoms. The van der Waals surface area contributed by atoms with Crippen molar-refractivity contribution in [1.82, 2.24) is 19.6 Å². The molecule has 4 aromatic rings. The summed E-state index contributed by atoms with van der Waals surface area (Å²) in [6.07, 6.45) is 1.41. The molecule has 0 aliphatic heterocycles. The zero-order valence-electron chi connectivity index (χ0n) is 12.8. The van der Waals surface area contributed by atoms with Crippen LogP contribution in [0.5, 0.6) is 11.6 Å². The Morgan fingerprint density at radius 1 is 1.08 bits per heavy atom. The van der Waals surface area contributed by atoms with Crippen molar-refractivity contribution in [2.24, 2.45) is 0 Å². The van der Waals surface area contributed by atoms with E-state index in [0.29, 0.717) is 33.7 Å². The summed E-state index contributed by atoms with van der Waals surface area (Å²) in [5, 5.41) is 13.4. The number of hydrogen-bond donors (Lipinski definition) is 0. The predicted octanol–water partition coefficient (Wildman–Crippen LogP) is 4.11. The zero-order valence-corrected chi connectivity index (χ0v) is 13.6. The molecule has 120 valence electrons. The van der Waals surface area contributed by atoms with Crippen molar-refractivity contribution in [2.45, 2.75) is 0 Å². The highest BCUT2D eigenvalue weighted by Gasteiger charge is 2.13. The molecule has 0 aliphatic rings. The van der Waals surface area contributed by atoms with Gasteiger partial charge in [0.2, 0.25) is 5.88 Å². The number of ether oxygens (including phenoxy) is 1. The first kappa shape index (κ1) is 15.1. The van der Waals surface area contributed by atoms with Gasteiger partial charge in [0.15, 0.2) is 0 Å². The third-order valence-electron chi connectivity index (χ3n) is 3.56. The summed E-state index contributed by atoms with van der Waals surface area (Å²) in [5.41, 5.74) is 2.10. The van der Waals surface area contributed by atoms with Gasteiger partial charge in [0.25, 0.3) is 5.78 Å². The van der Waals surface area contributed by atoms with Gasteiger partial charge in [0.05, 0.1) is 22.3 Å². The number of nitrogens with zero attached hydrogens (tertiary/aromatic N) is 5. The first-order valence-electron chi connectivity index (χ1n) is 7.38. The largest absolute Gasteiger partial charge is 0.437 e. The second kappa shape index (κ2) is 6.23. The lowest BCUT2D eigenvalue weighted by Gasteiger charge is -2.10. The second-order valence-corrected chi connectivity index (χ2v) is 5.58. The van der Waals surface area contributed by atoms with Crippen molar-refractivity contribution in [1.29, 1.82) is 5.26 Å². The molecule has 2 aromatic heterocycles. The molecule has 0 bridgehead atoms. The molecule has 0 atom stereocenters. The number of nitriles is 1. The average molecular weight is 348 g/mol. The highest BCUT2D eigenvalue weighted by Crippen LogP contribution is 2.31. The van der Waals surface area contributed by atoms with Crippen molar-refractivity contribution in [3.8, 4) is 29.0 Å². The fourth-order valence-electron chi connectivity index (χ4n) is 2.38. The SMILES string of the molecule is N#Cc1ccc(Oc2cc(-c3ccccc3)nc3ncnn23)c(Cl)c1. The van der Waals surface area contributed by atoms with Crippen LogP contribution in [0.4, 0.5) is 0 Å². The smallest absolute Gasteiger partial charge is 0.255 e. The van der Waals surface area contributed by atoms with Gasteiger partial charge in [0, 0.05) is 11.6 Å². The highest BCUT2D eigenvalue weighted by molar-refractivity contribution is 6.32. The number of benzene rings is 2. The van der Waals surface area contributed by atoms with Crippen molar-refractivity contribution in [2.75, 3.05) is 0 Å². The van der Waals surface area contributed by atoms with Crippen LogP contribution in [0.15, 0.2) is 60.9 Å². The topological polar surface area (TPSA) is 76.1 Å². The lowest BCUT2D eigenvalue weighted by atomic mass is 10.1. The average Bonchev–Trinajstić information content (AvgIpc) is 3.13. The fraction of sp³-hybridized carbons (Fsp3) is 0. The first-order chi connectivity index (χ1) is 12.2. The summed E-state index contributed by atoms with van der Waals surface area (Å²) in [7, 11) is 0. The standard InChI is InChI=1S/C18H10ClN5O/c19-14-8-12(10-20)6-7-16(14)25-17-9-15(13-4-2-1-3-5-13)23-18-21-11-22-24(17)18/h1-9,11H. The minimum atomic E-state index is 0.338. The van der Waals surface area contributed by atoms with Gasteiger partial charge in [-0.25, -0.2) is 4.98 Å². The van der Waals surface area contributed by atoms with E-state index in [4.69, 9.17) is 21.6 Å². The van der Waals surface area contributed by atoms with Gasteiger partial charge < -0.3 is 4.74 Å². The minimum absolute atomic E-state index is 0.338. The van der Waals surface area contributed by atoms with Crippen LogP contribution >= 0.6 is 11.6 Å². The molecule has 6 nitrogen and oxygen atoms in total. The van der Waals surface area contributed by atoms with E-state index >= 15 is 0 Å². The number of halogens is 1. The van der Waals surface area contributed by atoms with E-state index in [9.17, 15) is 0 Å². The van der Waals surface area contributed by atoms with Gasteiger partial charge in [-0.3, -0.25) is 0 Å². The molecular weight excluding hydrogens is 338 g/mol. The highest BCUT2D eigenvalue weighted by atomic mass is 35.5. The Labute approximate surface area is 147 Å². The van der Waals surface area contributed by atoms with Crippen molar-refractivity contribution >= 4 is 17.4 Å². The molecule has 0 saturated heterocycles. The Bertz CT molecular complexity index is 1100. The van der Waals surface area contributed by atoms with Crippen molar-refractivity contribution < 1.29 is 4.74 Å². The monoisotopic (exact) mass is 347 g/mol. The summed E-state index contributed by atoms with van der Waals surface area (Å²) >= 11 is 6.20. The van der Waals surface area contributed by atoms with E-state index in [1.807, 2.05) is 36.4 Å². The summed E-state index contributed by atoms with van der Waals surface area (Å²) in [6, 6.07) is 18.3.